The predicted octanol–water partition coefficient (Wildman–Crippen LogP) is 4.08. The molecule has 1 aliphatic carbocycles. The van der Waals surface area contributed by atoms with Crippen LogP contribution in [0.3, 0.4) is 0 Å². The van der Waals surface area contributed by atoms with Crippen LogP contribution in [0.15, 0.2) is 22.8 Å². The molecule has 0 spiro atoms. The molecule has 0 unspecified atom stereocenters. The van der Waals surface area contributed by atoms with Crippen LogP contribution in [0.4, 0.5) is 0 Å². The van der Waals surface area contributed by atoms with Gasteiger partial charge in [0.1, 0.15) is 5.58 Å². The third kappa shape index (κ3) is 4.18. The van der Waals surface area contributed by atoms with Crippen molar-refractivity contribution in [2.45, 2.75) is 45.4 Å². The van der Waals surface area contributed by atoms with Crippen molar-refractivity contribution in [3.05, 3.63) is 35.1 Å². The molecular formula is C23H28Cl2N2O5. The van der Waals surface area contributed by atoms with E-state index in [0.717, 1.165) is 41.2 Å². The second-order valence-electron chi connectivity index (χ2n) is 8.39. The number of hydrogen-bond donors (Lipinski definition) is 2. The minimum Gasteiger partial charge on any atom is -0.463 e. The molecule has 32 heavy (non-hydrogen) atoms. The van der Waals surface area contributed by atoms with Gasteiger partial charge in [0.05, 0.1) is 24.7 Å². The average Bonchev–Trinajstić information content (AvgIpc) is 3.11. The minimum atomic E-state index is -0.633. The van der Waals surface area contributed by atoms with Gasteiger partial charge >= 0.3 is 11.9 Å². The molecule has 0 saturated carbocycles. The highest BCUT2D eigenvalue weighted by Crippen LogP contribution is 2.50. The fourth-order valence-corrected chi connectivity index (χ4v) is 4.49. The van der Waals surface area contributed by atoms with E-state index in [1.54, 1.807) is 6.26 Å². The summed E-state index contributed by atoms with van der Waals surface area (Å²) in [5, 5.41) is 2.12. The Balaban J connectivity index is 0.00000181. The molecule has 0 saturated heterocycles. The normalized spacial score (nSPS) is 14.3. The van der Waals surface area contributed by atoms with E-state index in [4.69, 9.17) is 25.4 Å². The molecular weight excluding hydrogens is 455 g/mol. The molecule has 1 heterocycles. The lowest BCUT2D eigenvalue weighted by atomic mass is 9.71. The summed E-state index contributed by atoms with van der Waals surface area (Å²) in [6.45, 7) is 5.64. The number of benzene rings is 2. The van der Waals surface area contributed by atoms with E-state index in [1.165, 1.54) is 5.56 Å². The summed E-state index contributed by atoms with van der Waals surface area (Å²) in [7, 11) is 0. The van der Waals surface area contributed by atoms with Gasteiger partial charge in [0.25, 0.3) is 0 Å². The van der Waals surface area contributed by atoms with Crippen LogP contribution in [-0.2, 0) is 21.4 Å². The van der Waals surface area contributed by atoms with Gasteiger partial charge in [-0.25, -0.2) is 0 Å². The molecule has 0 bridgehead atoms. The minimum absolute atomic E-state index is 0. The van der Waals surface area contributed by atoms with E-state index in [1.807, 2.05) is 13.0 Å². The Morgan fingerprint density at radius 1 is 1.03 bits per heavy atom. The van der Waals surface area contributed by atoms with Crippen molar-refractivity contribution in [3.63, 3.8) is 0 Å². The van der Waals surface area contributed by atoms with Gasteiger partial charge in [0.15, 0.2) is 11.5 Å². The van der Waals surface area contributed by atoms with Gasteiger partial charge in [0.2, 0.25) is 0 Å². The van der Waals surface area contributed by atoms with Crippen molar-refractivity contribution >= 4 is 58.5 Å². The molecule has 174 valence electrons. The number of ether oxygens (including phenoxy) is 2. The Labute approximate surface area is 198 Å². The van der Waals surface area contributed by atoms with Crippen molar-refractivity contribution in [3.8, 4) is 11.5 Å². The monoisotopic (exact) mass is 482 g/mol. The zero-order valence-corrected chi connectivity index (χ0v) is 19.9. The molecule has 1 aromatic heterocycles. The Morgan fingerprint density at radius 2 is 1.62 bits per heavy atom. The van der Waals surface area contributed by atoms with E-state index < -0.39 is 11.9 Å². The van der Waals surface area contributed by atoms with Crippen LogP contribution in [0.25, 0.3) is 21.7 Å². The molecule has 4 N–H and O–H groups in total. The van der Waals surface area contributed by atoms with Crippen LogP contribution in [0.2, 0.25) is 0 Å². The first kappa shape index (κ1) is 25.9. The first-order chi connectivity index (χ1) is 14.3. The fraction of sp³-hybridized carbons (Fsp3) is 0.391. The largest absolute Gasteiger partial charge is 0.463 e. The number of rotatable bonds is 4. The number of esters is 2. The number of nitrogens with two attached hydrogens (primary N) is 2. The Morgan fingerprint density at radius 3 is 2.22 bits per heavy atom. The van der Waals surface area contributed by atoms with E-state index in [0.29, 0.717) is 11.0 Å². The molecule has 9 heteroatoms. The third-order valence-corrected chi connectivity index (χ3v) is 5.92. The number of carbonyl (C=O) groups excluding carboxylic acids is 2. The van der Waals surface area contributed by atoms with Gasteiger partial charge in [-0.3, -0.25) is 9.59 Å². The number of halogens is 2. The number of carbonyl (C=O) groups is 2. The van der Waals surface area contributed by atoms with E-state index in [-0.39, 0.29) is 54.8 Å². The summed E-state index contributed by atoms with van der Waals surface area (Å²) < 4.78 is 17.2. The maximum Gasteiger partial charge on any atom is 0.325 e. The molecule has 0 fully saturated rings. The Hall–Kier alpha value is -2.32. The highest BCUT2D eigenvalue weighted by Gasteiger charge is 2.32. The summed E-state index contributed by atoms with van der Waals surface area (Å²) in [5.41, 5.74) is 14.6. The van der Waals surface area contributed by atoms with Crippen LogP contribution in [0.5, 0.6) is 11.5 Å². The zero-order valence-electron chi connectivity index (χ0n) is 18.3. The average molecular weight is 483 g/mol. The molecule has 0 amide bonds. The molecule has 0 aliphatic heterocycles. The molecule has 0 radical (unpaired) electrons. The highest BCUT2D eigenvalue weighted by atomic mass is 35.5. The van der Waals surface area contributed by atoms with Gasteiger partial charge in [-0.05, 0) is 48.3 Å². The topological polar surface area (TPSA) is 118 Å². The van der Waals surface area contributed by atoms with Crippen LogP contribution >= 0.6 is 24.8 Å². The van der Waals surface area contributed by atoms with Gasteiger partial charge < -0.3 is 25.4 Å². The van der Waals surface area contributed by atoms with Crippen molar-refractivity contribution in [2.75, 3.05) is 13.1 Å². The van der Waals surface area contributed by atoms with E-state index in [2.05, 4.69) is 19.9 Å². The molecule has 4 rings (SSSR count). The molecule has 3 aromatic rings. The molecule has 0 atom stereocenters. The van der Waals surface area contributed by atoms with Crippen LogP contribution in [0.1, 0.15) is 43.4 Å². The van der Waals surface area contributed by atoms with Crippen LogP contribution in [-0.4, -0.2) is 25.0 Å². The van der Waals surface area contributed by atoms with Gasteiger partial charge in [-0.1, -0.05) is 26.0 Å². The Kier molecular flexibility index (Phi) is 7.83. The lowest BCUT2D eigenvalue weighted by molar-refractivity contribution is -0.135. The first-order valence-electron chi connectivity index (χ1n) is 10.1. The second kappa shape index (κ2) is 9.67. The predicted molar refractivity (Wildman–Crippen MR) is 128 cm³/mol. The van der Waals surface area contributed by atoms with Crippen LogP contribution < -0.4 is 20.9 Å². The SMILES string of the molecule is Cc1coc2c1c(OC(=O)CN)c(OC(=O)CN)c1c3c(ccc12)C(C)(C)CCC3.Cl.Cl. The van der Waals surface area contributed by atoms with Gasteiger partial charge in [-0.2, -0.15) is 0 Å². The quantitative estimate of drug-likeness (QED) is 0.424. The third-order valence-electron chi connectivity index (χ3n) is 5.92. The second-order valence-corrected chi connectivity index (χ2v) is 8.39. The van der Waals surface area contributed by atoms with E-state index in [9.17, 15) is 9.59 Å². The fourth-order valence-electron chi connectivity index (χ4n) is 4.49. The molecule has 2 aromatic carbocycles. The summed E-state index contributed by atoms with van der Waals surface area (Å²) >= 11 is 0. The van der Waals surface area contributed by atoms with Crippen molar-refractivity contribution < 1.29 is 23.5 Å². The summed E-state index contributed by atoms with van der Waals surface area (Å²) in [6.07, 6.45) is 4.47. The van der Waals surface area contributed by atoms with Gasteiger partial charge in [0, 0.05) is 10.8 Å². The maximum absolute atomic E-state index is 12.3. The number of fused-ring (bicyclic) bond motifs is 5. The van der Waals surface area contributed by atoms with Crippen molar-refractivity contribution in [2.24, 2.45) is 11.5 Å². The lowest BCUT2D eigenvalue weighted by Crippen LogP contribution is -2.25. The standard InChI is InChI=1S/C23H26N2O5.2ClH/c1-12-11-28-20-14-6-7-15-13(5-4-8-23(15,2)3)19(14)22(30-17(27)10-25)21(18(12)20)29-16(26)9-24;;/h6-7,11H,4-5,8-10,24-25H2,1-3H3;2*1H. The summed E-state index contributed by atoms with van der Waals surface area (Å²) in [6, 6.07) is 4.11. The van der Waals surface area contributed by atoms with Gasteiger partial charge in [-0.15, -0.1) is 24.8 Å². The number of aryl methyl sites for hydroxylation is 2. The zero-order chi connectivity index (χ0) is 21.6. The smallest absolute Gasteiger partial charge is 0.325 e. The molecule has 7 nitrogen and oxygen atoms in total. The Bertz CT molecular complexity index is 1190. The highest BCUT2D eigenvalue weighted by molar-refractivity contribution is 6.15. The van der Waals surface area contributed by atoms with E-state index >= 15 is 0 Å². The number of furan rings is 1. The van der Waals surface area contributed by atoms with Crippen molar-refractivity contribution in [1.82, 2.24) is 0 Å². The lowest BCUT2D eigenvalue weighted by Gasteiger charge is -2.33. The summed E-state index contributed by atoms with van der Waals surface area (Å²) in [5.74, 6) is -0.896. The molecule has 1 aliphatic rings. The first-order valence-corrected chi connectivity index (χ1v) is 10.1. The summed E-state index contributed by atoms with van der Waals surface area (Å²) in [4.78, 5) is 24.4. The van der Waals surface area contributed by atoms with Crippen molar-refractivity contribution in [1.29, 1.82) is 0 Å². The maximum atomic E-state index is 12.3. The van der Waals surface area contributed by atoms with Crippen LogP contribution in [0, 0.1) is 6.92 Å². The number of hydrogen-bond acceptors (Lipinski definition) is 7.